The summed E-state index contributed by atoms with van der Waals surface area (Å²) in [6.07, 6.45) is 0.401. The fourth-order valence-electron chi connectivity index (χ4n) is 0.819. The minimum atomic E-state index is 0.106. The largest absolute Gasteiger partial charge is 0.508 e. The second-order valence-electron chi connectivity index (χ2n) is 2.02. The Morgan fingerprint density at radius 3 is 2.00 bits per heavy atom. The quantitative estimate of drug-likeness (QED) is 0.615. The fourth-order valence-corrected chi connectivity index (χ4v) is 0.819. The summed E-state index contributed by atoms with van der Waals surface area (Å²) in [5, 5.41) is 18.2. The van der Waals surface area contributed by atoms with Crippen molar-refractivity contribution in [3.05, 3.63) is 30.7 Å². The van der Waals surface area contributed by atoms with Crippen molar-refractivity contribution >= 4 is 0 Å². The Bertz CT molecular complexity index is 210. The average Bonchev–Trinajstić information content (AvgIpc) is 1.88. The van der Waals surface area contributed by atoms with E-state index in [0.29, 0.717) is 12.0 Å². The van der Waals surface area contributed by atoms with Gasteiger partial charge >= 0.3 is 0 Å². The van der Waals surface area contributed by atoms with E-state index in [-0.39, 0.29) is 11.5 Å². The summed E-state index contributed by atoms with van der Waals surface area (Å²) in [6.45, 7) is 3.56. The van der Waals surface area contributed by atoms with Crippen LogP contribution in [0.25, 0.3) is 0 Å². The van der Waals surface area contributed by atoms with Crippen molar-refractivity contribution in [2.75, 3.05) is 0 Å². The van der Waals surface area contributed by atoms with Gasteiger partial charge in [0.1, 0.15) is 11.5 Å². The van der Waals surface area contributed by atoms with Gasteiger partial charge < -0.3 is 10.2 Å². The van der Waals surface area contributed by atoms with Crippen LogP contribution in [0.1, 0.15) is 5.56 Å². The zero-order chi connectivity index (χ0) is 7.56. The van der Waals surface area contributed by atoms with Crippen LogP contribution in [0, 0.1) is 6.92 Å². The Kier molecular flexibility index (Phi) is 1.81. The van der Waals surface area contributed by atoms with Crippen LogP contribution in [-0.2, 0) is 6.42 Å². The van der Waals surface area contributed by atoms with Crippen LogP contribution in [0.2, 0.25) is 0 Å². The molecular weight excluding hydrogens is 128 g/mol. The van der Waals surface area contributed by atoms with Gasteiger partial charge in [0, 0.05) is 5.56 Å². The number of hydrogen-bond donors (Lipinski definition) is 2. The number of aromatic hydroxyl groups is 2. The molecule has 0 atom stereocenters. The van der Waals surface area contributed by atoms with Crippen LogP contribution in [0.4, 0.5) is 0 Å². The molecule has 10 heavy (non-hydrogen) atoms. The van der Waals surface area contributed by atoms with Crippen LogP contribution < -0.4 is 0 Å². The maximum atomic E-state index is 9.09. The summed E-state index contributed by atoms with van der Waals surface area (Å²) in [6, 6.07) is 4.64. The molecule has 0 saturated heterocycles. The highest BCUT2D eigenvalue weighted by atomic mass is 16.3. The lowest BCUT2D eigenvalue weighted by Crippen LogP contribution is -1.81. The summed E-state index contributed by atoms with van der Waals surface area (Å²) in [7, 11) is 0. The van der Waals surface area contributed by atoms with Gasteiger partial charge in [0.15, 0.2) is 0 Å². The minimum absolute atomic E-state index is 0.106. The van der Waals surface area contributed by atoms with Crippen molar-refractivity contribution < 1.29 is 10.2 Å². The van der Waals surface area contributed by atoms with E-state index in [4.69, 9.17) is 10.2 Å². The van der Waals surface area contributed by atoms with E-state index in [0.717, 1.165) is 0 Å². The number of benzene rings is 1. The number of phenolic OH excluding ortho intramolecular Hbond substituents is 2. The molecule has 1 aromatic rings. The van der Waals surface area contributed by atoms with Crippen LogP contribution in [0.3, 0.4) is 0 Å². The first-order chi connectivity index (χ1) is 4.75. The Balaban J connectivity index is 3.17. The first kappa shape index (κ1) is 6.93. The van der Waals surface area contributed by atoms with Crippen LogP contribution in [0.5, 0.6) is 11.5 Å². The zero-order valence-corrected chi connectivity index (χ0v) is 5.54. The highest BCUT2D eigenvalue weighted by molar-refractivity contribution is 5.43. The van der Waals surface area contributed by atoms with Gasteiger partial charge in [-0.3, -0.25) is 0 Å². The number of phenols is 2. The van der Waals surface area contributed by atoms with Gasteiger partial charge in [-0.1, -0.05) is 6.07 Å². The second kappa shape index (κ2) is 2.60. The van der Waals surface area contributed by atoms with Gasteiger partial charge in [-0.15, -0.1) is 0 Å². The molecular formula is C8H9O2. The van der Waals surface area contributed by atoms with Crippen LogP contribution in [-0.4, -0.2) is 10.2 Å². The molecule has 2 heteroatoms. The third-order valence-electron chi connectivity index (χ3n) is 1.38. The maximum absolute atomic E-state index is 9.09. The number of hydrogen-bond acceptors (Lipinski definition) is 2. The van der Waals surface area contributed by atoms with Gasteiger partial charge in [-0.25, -0.2) is 0 Å². The molecule has 1 rings (SSSR count). The van der Waals surface area contributed by atoms with Crippen LogP contribution >= 0.6 is 0 Å². The van der Waals surface area contributed by atoms with Crippen molar-refractivity contribution in [3.63, 3.8) is 0 Å². The smallest absolute Gasteiger partial charge is 0.122 e. The van der Waals surface area contributed by atoms with Gasteiger partial charge in [-0.05, 0) is 25.5 Å². The highest BCUT2D eigenvalue weighted by Gasteiger charge is 2.01. The molecule has 0 saturated carbocycles. The molecule has 0 aromatic heterocycles. The number of rotatable bonds is 1. The second-order valence-corrected chi connectivity index (χ2v) is 2.02. The SMILES string of the molecule is [CH2]Cc1c(O)cccc1O. The van der Waals surface area contributed by atoms with Crippen molar-refractivity contribution in [1.82, 2.24) is 0 Å². The summed E-state index contributed by atoms with van der Waals surface area (Å²) < 4.78 is 0. The molecule has 0 fully saturated rings. The molecule has 0 heterocycles. The van der Waals surface area contributed by atoms with E-state index in [2.05, 4.69) is 6.92 Å². The molecule has 1 aromatic carbocycles. The molecule has 2 nitrogen and oxygen atoms in total. The van der Waals surface area contributed by atoms with E-state index >= 15 is 0 Å². The van der Waals surface area contributed by atoms with E-state index in [1.165, 1.54) is 12.1 Å². The Hall–Kier alpha value is -1.18. The Labute approximate surface area is 59.7 Å². The predicted molar refractivity (Wildman–Crippen MR) is 38.8 cm³/mol. The normalized spacial score (nSPS) is 9.70. The average molecular weight is 137 g/mol. The molecule has 2 N–H and O–H groups in total. The highest BCUT2D eigenvalue weighted by Crippen LogP contribution is 2.25. The standard InChI is InChI=1S/C8H9O2/c1-2-6-7(9)4-3-5-8(6)10/h3-5,9-10H,1-2H2. The minimum Gasteiger partial charge on any atom is -0.508 e. The Morgan fingerprint density at radius 1 is 1.20 bits per heavy atom. The lowest BCUT2D eigenvalue weighted by atomic mass is 10.1. The van der Waals surface area contributed by atoms with Gasteiger partial charge in [0.25, 0.3) is 0 Å². The van der Waals surface area contributed by atoms with Gasteiger partial charge in [-0.2, -0.15) is 0 Å². The molecule has 0 aliphatic carbocycles. The van der Waals surface area contributed by atoms with E-state index in [1.807, 2.05) is 0 Å². The van der Waals surface area contributed by atoms with E-state index < -0.39 is 0 Å². The third-order valence-corrected chi connectivity index (χ3v) is 1.38. The molecule has 1 radical (unpaired) electrons. The summed E-state index contributed by atoms with van der Waals surface area (Å²) in [5.41, 5.74) is 0.502. The molecule has 0 bridgehead atoms. The van der Waals surface area contributed by atoms with Crippen LogP contribution in [0.15, 0.2) is 18.2 Å². The maximum Gasteiger partial charge on any atom is 0.122 e. The van der Waals surface area contributed by atoms with Crippen molar-refractivity contribution in [1.29, 1.82) is 0 Å². The lowest BCUT2D eigenvalue weighted by molar-refractivity contribution is 0.441. The van der Waals surface area contributed by atoms with E-state index in [1.54, 1.807) is 6.07 Å². The third kappa shape index (κ3) is 1.05. The summed E-state index contributed by atoms with van der Waals surface area (Å²) in [4.78, 5) is 0. The molecule has 0 aliphatic heterocycles. The van der Waals surface area contributed by atoms with Crippen molar-refractivity contribution in [2.45, 2.75) is 6.42 Å². The Morgan fingerprint density at radius 2 is 1.70 bits per heavy atom. The lowest BCUT2D eigenvalue weighted by Gasteiger charge is -2.01. The van der Waals surface area contributed by atoms with Gasteiger partial charge in [0.2, 0.25) is 0 Å². The zero-order valence-electron chi connectivity index (χ0n) is 5.54. The summed E-state index contributed by atoms with van der Waals surface area (Å²) >= 11 is 0. The molecule has 53 valence electrons. The molecule has 0 unspecified atom stereocenters. The first-order valence-corrected chi connectivity index (χ1v) is 3.04. The first-order valence-electron chi connectivity index (χ1n) is 3.04. The molecule has 0 spiro atoms. The topological polar surface area (TPSA) is 40.5 Å². The molecule has 0 amide bonds. The molecule has 0 aliphatic rings. The van der Waals surface area contributed by atoms with E-state index in [9.17, 15) is 0 Å². The predicted octanol–water partition coefficient (Wildman–Crippen LogP) is 1.47. The van der Waals surface area contributed by atoms with Crippen molar-refractivity contribution in [3.8, 4) is 11.5 Å². The monoisotopic (exact) mass is 137 g/mol. The fraction of sp³-hybridized carbons (Fsp3) is 0.125. The summed E-state index contributed by atoms with van der Waals surface area (Å²) in [5.74, 6) is 0.213. The van der Waals surface area contributed by atoms with Crippen molar-refractivity contribution in [2.24, 2.45) is 0 Å². The van der Waals surface area contributed by atoms with Gasteiger partial charge in [0.05, 0.1) is 0 Å².